The highest BCUT2D eigenvalue weighted by Crippen LogP contribution is 2.33. The van der Waals surface area contributed by atoms with Gasteiger partial charge in [0.15, 0.2) is 0 Å². The summed E-state index contributed by atoms with van der Waals surface area (Å²) in [6, 6.07) is 7.38. The summed E-state index contributed by atoms with van der Waals surface area (Å²) in [5.74, 6) is 0. The number of nitrogens with zero attached hydrogens (tertiary/aromatic N) is 1. The van der Waals surface area contributed by atoms with E-state index in [1.165, 1.54) is 23.2 Å². The summed E-state index contributed by atoms with van der Waals surface area (Å²) >= 11 is 0. The number of aryl methyl sites for hydroxylation is 1. The van der Waals surface area contributed by atoms with Gasteiger partial charge in [0.2, 0.25) is 0 Å². The molecule has 2 nitrogen and oxygen atoms in total. The second-order valence-electron chi connectivity index (χ2n) is 4.47. The number of benzene rings is 1. The molecule has 0 amide bonds. The van der Waals surface area contributed by atoms with Gasteiger partial charge in [0.25, 0.3) is 0 Å². The molecule has 1 heterocycles. The molecule has 1 aliphatic heterocycles. The van der Waals surface area contributed by atoms with Crippen LogP contribution in [0.5, 0.6) is 0 Å². The van der Waals surface area contributed by atoms with Crippen molar-refractivity contribution >= 4 is 5.69 Å². The molecule has 15 heavy (non-hydrogen) atoms. The maximum Gasteiger partial charge on any atom is 0.0388 e. The highest BCUT2D eigenvalue weighted by atomic mass is 15.1. The van der Waals surface area contributed by atoms with E-state index < -0.39 is 0 Å². The van der Waals surface area contributed by atoms with E-state index in [4.69, 9.17) is 0 Å². The Hall–Kier alpha value is -1.02. The van der Waals surface area contributed by atoms with Gasteiger partial charge in [0, 0.05) is 18.3 Å². The van der Waals surface area contributed by atoms with E-state index in [2.05, 4.69) is 49.4 Å². The lowest BCUT2D eigenvalue weighted by molar-refractivity contribution is 0.284. The topological polar surface area (TPSA) is 15.3 Å². The van der Waals surface area contributed by atoms with Gasteiger partial charge in [0.05, 0.1) is 0 Å². The van der Waals surface area contributed by atoms with Crippen LogP contribution in [0.25, 0.3) is 0 Å². The maximum atomic E-state index is 3.47. The molecule has 0 bridgehead atoms. The first kappa shape index (κ1) is 10.5. The molecule has 0 fully saturated rings. The molecule has 0 spiro atoms. The van der Waals surface area contributed by atoms with E-state index >= 15 is 0 Å². The molecule has 2 rings (SSSR count). The van der Waals surface area contributed by atoms with Gasteiger partial charge in [-0.1, -0.05) is 19.1 Å². The van der Waals surface area contributed by atoms with Crippen LogP contribution in [0.2, 0.25) is 0 Å². The molecular formula is C13H20N2. The van der Waals surface area contributed by atoms with Crippen molar-refractivity contribution in [1.29, 1.82) is 0 Å². The Morgan fingerprint density at radius 2 is 2.20 bits per heavy atom. The zero-order valence-corrected chi connectivity index (χ0v) is 9.88. The van der Waals surface area contributed by atoms with Crippen LogP contribution >= 0.6 is 0 Å². The van der Waals surface area contributed by atoms with E-state index in [1.54, 1.807) is 0 Å². The predicted octanol–water partition coefficient (Wildman–Crippen LogP) is 2.67. The second-order valence-corrected chi connectivity index (χ2v) is 4.47. The Balaban J connectivity index is 2.39. The third kappa shape index (κ3) is 2.00. The van der Waals surface area contributed by atoms with Crippen molar-refractivity contribution in [2.75, 3.05) is 26.0 Å². The molecule has 0 aromatic heterocycles. The predicted molar refractivity (Wildman–Crippen MR) is 65.4 cm³/mol. The van der Waals surface area contributed by atoms with Crippen LogP contribution in [-0.4, -0.2) is 25.5 Å². The zero-order valence-electron chi connectivity index (χ0n) is 9.88. The molecule has 1 unspecified atom stereocenters. The third-order valence-electron chi connectivity index (χ3n) is 3.24. The van der Waals surface area contributed by atoms with Crippen LogP contribution in [0, 0.1) is 0 Å². The number of rotatable bonds is 2. The summed E-state index contributed by atoms with van der Waals surface area (Å²) in [5, 5.41) is 3.47. The fourth-order valence-corrected chi connectivity index (χ4v) is 2.30. The fraction of sp³-hybridized carbons (Fsp3) is 0.538. The molecule has 0 radical (unpaired) electrons. The van der Waals surface area contributed by atoms with E-state index in [0.29, 0.717) is 6.04 Å². The highest BCUT2D eigenvalue weighted by molar-refractivity contribution is 5.56. The average Bonchev–Trinajstić information content (AvgIpc) is 2.27. The SMILES string of the molecule is CCc1ccc2c(c1)C(N(C)C)CCN2. The van der Waals surface area contributed by atoms with Crippen LogP contribution < -0.4 is 5.32 Å². The standard InChI is InChI=1S/C13H20N2/c1-4-10-5-6-12-11(9-10)13(15(2)3)7-8-14-12/h5-6,9,13-14H,4,7-8H2,1-3H3. The Kier molecular flexibility index (Phi) is 2.96. The Morgan fingerprint density at radius 3 is 2.87 bits per heavy atom. The average molecular weight is 204 g/mol. The molecule has 1 aromatic carbocycles. The van der Waals surface area contributed by atoms with Gasteiger partial charge < -0.3 is 10.2 Å². The minimum Gasteiger partial charge on any atom is -0.385 e. The van der Waals surface area contributed by atoms with Crippen molar-refractivity contribution < 1.29 is 0 Å². The smallest absolute Gasteiger partial charge is 0.0388 e. The van der Waals surface area contributed by atoms with Crippen molar-refractivity contribution in [3.8, 4) is 0 Å². The number of hydrogen-bond donors (Lipinski definition) is 1. The zero-order chi connectivity index (χ0) is 10.8. The molecule has 82 valence electrons. The Labute approximate surface area is 92.3 Å². The molecule has 0 aliphatic carbocycles. The minimum absolute atomic E-state index is 0.577. The second kappa shape index (κ2) is 4.23. The van der Waals surface area contributed by atoms with Gasteiger partial charge >= 0.3 is 0 Å². The Morgan fingerprint density at radius 1 is 1.40 bits per heavy atom. The molecule has 1 aromatic rings. The van der Waals surface area contributed by atoms with Gasteiger partial charge in [-0.05, 0) is 44.1 Å². The van der Waals surface area contributed by atoms with Crippen LogP contribution in [0.15, 0.2) is 18.2 Å². The summed E-state index contributed by atoms with van der Waals surface area (Å²) in [6.07, 6.45) is 2.32. The third-order valence-corrected chi connectivity index (χ3v) is 3.24. The number of hydrogen-bond acceptors (Lipinski definition) is 2. The van der Waals surface area contributed by atoms with Gasteiger partial charge in [0.1, 0.15) is 0 Å². The minimum atomic E-state index is 0.577. The molecule has 0 saturated heterocycles. The first-order valence-electron chi connectivity index (χ1n) is 5.75. The normalized spacial score (nSPS) is 19.9. The summed E-state index contributed by atoms with van der Waals surface area (Å²) in [7, 11) is 4.33. The molecule has 1 atom stereocenters. The van der Waals surface area contributed by atoms with Crippen molar-refractivity contribution in [2.24, 2.45) is 0 Å². The summed E-state index contributed by atoms with van der Waals surface area (Å²) in [4.78, 5) is 2.32. The Bertz CT molecular complexity index is 344. The van der Waals surface area contributed by atoms with Crippen molar-refractivity contribution in [1.82, 2.24) is 4.90 Å². The first-order chi connectivity index (χ1) is 7.22. The highest BCUT2D eigenvalue weighted by Gasteiger charge is 2.21. The molecule has 1 N–H and O–H groups in total. The molecule has 2 heteroatoms. The van der Waals surface area contributed by atoms with Crippen LogP contribution in [-0.2, 0) is 6.42 Å². The van der Waals surface area contributed by atoms with E-state index in [1.807, 2.05) is 0 Å². The lowest BCUT2D eigenvalue weighted by atomic mass is 9.94. The van der Waals surface area contributed by atoms with Crippen LogP contribution in [0.3, 0.4) is 0 Å². The molecule has 0 saturated carbocycles. The van der Waals surface area contributed by atoms with Crippen LogP contribution in [0.1, 0.15) is 30.5 Å². The van der Waals surface area contributed by atoms with Gasteiger partial charge in [-0.3, -0.25) is 0 Å². The van der Waals surface area contributed by atoms with E-state index in [-0.39, 0.29) is 0 Å². The van der Waals surface area contributed by atoms with Crippen molar-refractivity contribution in [3.05, 3.63) is 29.3 Å². The quantitative estimate of drug-likeness (QED) is 0.796. The van der Waals surface area contributed by atoms with Crippen molar-refractivity contribution in [2.45, 2.75) is 25.8 Å². The van der Waals surface area contributed by atoms with Gasteiger partial charge in [-0.25, -0.2) is 0 Å². The van der Waals surface area contributed by atoms with Crippen LogP contribution in [0.4, 0.5) is 5.69 Å². The maximum absolute atomic E-state index is 3.47. The summed E-state index contributed by atoms with van der Waals surface area (Å²) in [5.41, 5.74) is 4.21. The monoisotopic (exact) mass is 204 g/mol. The molecular weight excluding hydrogens is 184 g/mol. The molecule has 1 aliphatic rings. The summed E-state index contributed by atoms with van der Waals surface area (Å²) < 4.78 is 0. The number of anilines is 1. The number of fused-ring (bicyclic) bond motifs is 1. The van der Waals surface area contributed by atoms with Gasteiger partial charge in [-0.15, -0.1) is 0 Å². The fourth-order valence-electron chi connectivity index (χ4n) is 2.30. The summed E-state index contributed by atoms with van der Waals surface area (Å²) in [6.45, 7) is 3.30. The largest absolute Gasteiger partial charge is 0.385 e. The number of nitrogens with one attached hydrogen (secondary N) is 1. The lowest BCUT2D eigenvalue weighted by Crippen LogP contribution is -2.27. The van der Waals surface area contributed by atoms with Gasteiger partial charge in [-0.2, -0.15) is 0 Å². The van der Waals surface area contributed by atoms with E-state index in [9.17, 15) is 0 Å². The van der Waals surface area contributed by atoms with E-state index in [0.717, 1.165) is 13.0 Å². The first-order valence-corrected chi connectivity index (χ1v) is 5.75. The lowest BCUT2D eigenvalue weighted by Gasteiger charge is -2.32. The van der Waals surface area contributed by atoms with Crippen molar-refractivity contribution in [3.63, 3.8) is 0 Å².